The van der Waals surface area contributed by atoms with Crippen molar-refractivity contribution in [3.05, 3.63) is 29.0 Å². The molecule has 0 atom stereocenters. The molecule has 16 heavy (non-hydrogen) atoms. The van der Waals surface area contributed by atoms with Gasteiger partial charge in [0.25, 0.3) is 0 Å². The molecule has 0 aliphatic heterocycles. The lowest BCUT2D eigenvalue weighted by atomic mass is 10.2. The fraction of sp³-hybridized carbons (Fsp3) is 0. The Kier molecular flexibility index (Phi) is 2.57. The van der Waals surface area contributed by atoms with Crippen molar-refractivity contribution in [2.45, 2.75) is 0 Å². The van der Waals surface area contributed by atoms with E-state index in [1.807, 2.05) is 0 Å². The Morgan fingerprint density at radius 2 is 1.69 bits per heavy atom. The second-order valence-electron chi connectivity index (χ2n) is 3.00. The van der Waals surface area contributed by atoms with Gasteiger partial charge in [0.15, 0.2) is 5.82 Å². The van der Waals surface area contributed by atoms with Gasteiger partial charge in [-0.15, -0.1) is 0 Å². The number of nitrogens with zero attached hydrogens (tertiary/aromatic N) is 3. The van der Waals surface area contributed by atoms with E-state index in [9.17, 15) is 4.39 Å². The summed E-state index contributed by atoms with van der Waals surface area (Å²) in [5.41, 5.74) is 10.9. The van der Waals surface area contributed by atoms with E-state index in [2.05, 4.69) is 15.0 Å². The zero-order chi connectivity index (χ0) is 11.7. The molecule has 0 saturated heterocycles. The van der Waals surface area contributed by atoms with Gasteiger partial charge in [-0.1, -0.05) is 11.6 Å². The van der Waals surface area contributed by atoms with Crippen LogP contribution in [0, 0.1) is 5.82 Å². The van der Waals surface area contributed by atoms with Crippen LogP contribution in [0.25, 0.3) is 11.4 Å². The van der Waals surface area contributed by atoms with Crippen molar-refractivity contribution >= 4 is 23.5 Å². The number of nitrogens with two attached hydrogens (primary N) is 2. The number of hydrogen-bond acceptors (Lipinski definition) is 5. The molecule has 0 spiro atoms. The first-order valence-electron chi connectivity index (χ1n) is 4.28. The monoisotopic (exact) mass is 239 g/mol. The molecule has 7 heteroatoms. The lowest BCUT2D eigenvalue weighted by Gasteiger charge is -2.03. The van der Waals surface area contributed by atoms with Crippen LogP contribution in [-0.4, -0.2) is 15.0 Å². The lowest BCUT2D eigenvalue weighted by molar-refractivity contribution is 0.630. The fourth-order valence-corrected chi connectivity index (χ4v) is 1.36. The Labute approximate surface area is 95.3 Å². The van der Waals surface area contributed by atoms with Crippen molar-refractivity contribution in [3.8, 4) is 11.4 Å². The van der Waals surface area contributed by atoms with Crippen molar-refractivity contribution in [1.82, 2.24) is 15.0 Å². The van der Waals surface area contributed by atoms with E-state index in [0.717, 1.165) is 6.07 Å². The van der Waals surface area contributed by atoms with Gasteiger partial charge in [-0.3, -0.25) is 0 Å². The van der Waals surface area contributed by atoms with E-state index in [1.54, 1.807) is 0 Å². The van der Waals surface area contributed by atoms with Crippen LogP contribution in [0.15, 0.2) is 18.2 Å². The Morgan fingerprint density at radius 1 is 1.06 bits per heavy atom. The summed E-state index contributed by atoms with van der Waals surface area (Å²) in [7, 11) is 0. The molecular formula is C9H7ClFN5. The van der Waals surface area contributed by atoms with Gasteiger partial charge >= 0.3 is 0 Å². The first kappa shape index (κ1) is 10.6. The molecule has 0 aliphatic carbocycles. The number of halogens is 2. The highest BCUT2D eigenvalue weighted by Crippen LogP contribution is 2.22. The Morgan fingerprint density at radius 3 is 2.25 bits per heavy atom. The highest BCUT2D eigenvalue weighted by Gasteiger charge is 2.10. The van der Waals surface area contributed by atoms with Gasteiger partial charge < -0.3 is 11.5 Å². The zero-order valence-corrected chi connectivity index (χ0v) is 8.74. The summed E-state index contributed by atoms with van der Waals surface area (Å²) in [5.74, 6) is -0.578. The second-order valence-corrected chi connectivity index (χ2v) is 3.44. The van der Waals surface area contributed by atoms with Crippen LogP contribution in [0.5, 0.6) is 0 Å². The smallest absolute Gasteiger partial charge is 0.225 e. The summed E-state index contributed by atoms with van der Waals surface area (Å²) in [6, 6.07) is 4.13. The first-order valence-corrected chi connectivity index (χ1v) is 4.66. The average molecular weight is 240 g/mol. The molecule has 82 valence electrons. The van der Waals surface area contributed by atoms with Crippen molar-refractivity contribution in [3.63, 3.8) is 0 Å². The fourth-order valence-electron chi connectivity index (χ4n) is 1.20. The number of hydrogen-bond donors (Lipinski definition) is 2. The molecule has 0 bridgehead atoms. The summed E-state index contributed by atoms with van der Waals surface area (Å²) >= 11 is 5.62. The maximum Gasteiger partial charge on any atom is 0.225 e. The van der Waals surface area contributed by atoms with Gasteiger partial charge in [-0.05, 0) is 18.2 Å². The summed E-state index contributed by atoms with van der Waals surface area (Å²) < 4.78 is 13.5. The Balaban J connectivity index is 2.58. The molecule has 0 amide bonds. The number of aromatic nitrogens is 3. The highest BCUT2D eigenvalue weighted by atomic mass is 35.5. The van der Waals surface area contributed by atoms with E-state index in [-0.39, 0.29) is 28.3 Å². The molecule has 0 saturated carbocycles. The van der Waals surface area contributed by atoms with Gasteiger partial charge in [-0.2, -0.15) is 15.0 Å². The lowest BCUT2D eigenvalue weighted by Crippen LogP contribution is -2.04. The maximum absolute atomic E-state index is 13.5. The van der Waals surface area contributed by atoms with Gasteiger partial charge in [-0.25, -0.2) is 4.39 Å². The largest absolute Gasteiger partial charge is 0.368 e. The highest BCUT2D eigenvalue weighted by molar-refractivity contribution is 6.30. The summed E-state index contributed by atoms with van der Waals surface area (Å²) in [6.07, 6.45) is 0. The topological polar surface area (TPSA) is 90.7 Å². The minimum atomic E-state index is -0.544. The molecule has 1 heterocycles. The normalized spacial score (nSPS) is 10.4. The van der Waals surface area contributed by atoms with E-state index in [4.69, 9.17) is 23.1 Å². The third kappa shape index (κ3) is 2.01. The zero-order valence-electron chi connectivity index (χ0n) is 7.98. The van der Waals surface area contributed by atoms with Crippen LogP contribution in [0.3, 0.4) is 0 Å². The van der Waals surface area contributed by atoms with Crippen LogP contribution in [0.1, 0.15) is 0 Å². The van der Waals surface area contributed by atoms with Crippen LogP contribution in [0.2, 0.25) is 5.02 Å². The summed E-state index contributed by atoms with van der Waals surface area (Å²) in [4.78, 5) is 11.2. The van der Waals surface area contributed by atoms with E-state index >= 15 is 0 Å². The quantitative estimate of drug-likeness (QED) is 0.787. The number of nitrogen functional groups attached to an aromatic ring is 2. The van der Waals surface area contributed by atoms with Crippen molar-refractivity contribution in [1.29, 1.82) is 0 Å². The summed E-state index contributed by atoms with van der Waals surface area (Å²) in [5, 5.41) is 0.288. The summed E-state index contributed by atoms with van der Waals surface area (Å²) in [6.45, 7) is 0. The predicted octanol–water partition coefficient (Wildman–Crippen LogP) is 1.50. The second kappa shape index (κ2) is 3.90. The standard InChI is InChI=1S/C9H7ClFN5/c10-4-1-2-5(6(11)3-4)7-14-8(12)16-9(13)15-7/h1-3H,(H4,12,13,14,15,16). The Bertz CT molecular complexity index is 525. The van der Waals surface area contributed by atoms with Crippen molar-refractivity contribution in [2.24, 2.45) is 0 Å². The van der Waals surface area contributed by atoms with Gasteiger partial charge in [0, 0.05) is 5.02 Å². The molecule has 1 aromatic carbocycles. The minimum absolute atomic E-state index is 0.0585. The molecular weight excluding hydrogens is 233 g/mol. The van der Waals surface area contributed by atoms with Crippen molar-refractivity contribution in [2.75, 3.05) is 11.5 Å². The van der Waals surface area contributed by atoms with E-state index in [0.29, 0.717) is 0 Å². The van der Waals surface area contributed by atoms with Crippen molar-refractivity contribution < 1.29 is 4.39 Å². The molecule has 4 N–H and O–H groups in total. The number of benzene rings is 1. The first-order chi connectivity index (χ1) is 7.56. The van der Waals surface area contributed by atoms with Crippen LogP contribution < -0.4 is 11.5 Å². The molecule has 2 rings (SSSR count). The third-order valence-corrected chi connectivity index (χ3v) is 2.08. The van der Waals surface area contributed by atoms with Gasteiger partial charge in [0.05, 0.1) is 5.56 Å². The minimum Gasteiger partial charge on any atom is -0.368 e. The molecule has 0 aliphatic rings. The van der Waals surface area contributed by atoms with Gasteiger partial charge in [0.1, 0.15) is 5.82 Å². The number of rotatable bonds is 1. The number of anilines is 2. The SMILES string of the molecule is Nc1nc(N)nc(-c2ccc(Cl)cc2F)n1. The third-order valence-electron chi connectivity index (χ3n) is 1.84. The molecule has 0 radical (unpaired) electrons. The van der Waals surface area contributed by atoms with E-state index in [1.165, 1.54) is 12.1 Å². The molecule has 0 fully saturated rings. The maximum atomic E-state index is 13.5. The van der Waals surface area contributed by atoms with Crippen LogP contribution in [-0.2, 0) is 0 Å². The average Bonchev–Trinajstić information content (AvgIpc) is 2.15. The predicted molar refractivity (Wildman–Crippen MR) is 59.1 cm³/mol. The van der Waals surface area contributed by atoms with Gasteiger partial charge in [0.2, 0.25) is 11.9 Å². The molecule has 2 aromatic rings. The molecule has 1 aromatic heterocycles. The van der Waals surface area contributed by atoms with Crippen LogP contribution >= 0.6 is 11.6 Å². The van der Waals surface area contributed by atoms with E-state index < -0.39 is 5.82 Å². The van der Waals surface area contributed by atoms with Crippen LogP contribution in [0.4, 0.5) is 16.3 Å². The molecule has 0 unspecified atom stereocenters. The Hall–Kier alpha value is -1.95. The molecule has 5 nitrogen and oxygen atoms in total.